The predicted octanol–water partition coefficient (Wildman–Crippen LogP) is 2.47. The number of rotatable bonds is 0. The molecule has 0 nitrogen and oxygen atoms in total. The average Bonchev–Trinajstić information content (AvgIpc) is 1.69. The van der Waals surface area contributed by atoms with Gasteiger partial charge in [0.25, 0.3) is 0 Å². The van der Waals surface area contributed by atoms with Crippen molar-refractivity contribution in [3.8, 4) is 0 Å². The molecule has 0 bridgehead atoms. The summed E-state index contributed by atoms with van der Waals surface area (Å²) < 4.78 is 0. The van der Waals surface area contributed by atoms with E-state index in [0.717, 1.165) is 5.92 Å². The summed E-state index contributed by atoms with van der Waals surface area (Å²) in [6.07, 6.45) is 7.99. The van der Waals surface area contributed by atoms with Crippen molar-refractivity contribution in [3.05, 3.63) is 13.8 Å². The second-order valence-corrected chi connectivity index (χ2v) is 2.55. The molecule has 4 radical (unpaired) electrons. The van der Waals surface area contributed by atoms with Gasteiger partial charge in [-0.25, -0.2) is 0 Å². The standard InChI is InChI=1S/C7H13.CH3.B.Y/c1-7-5-3-2-4-6-7;;;/h2,7H,3-6H2,1H3;1H3;;/q2*-1;;. The predicted molar refractivity (Wildman–Crippen MR) is 44.1 cm³/mol. The summed E-state index contributed by atoms with van der Waals surface area (Å²) in [6.45, 7) is 2.34. The van der Waals surface area contributed by atoms with Gasteiger partial charge in [0.05, 0.1) is 0 Å². The summed E-state index contributed by atoms with van der Waals surface area (Å²) in [4.78, 5) is 0. The van der Waals surface area contributed by atoms with Crippen LogP contribution in [0, 0.1) is 19.8 Å². The Bertz CT molecular complexity index is 51.2. The van der Waals surface area contributed by atoms with Crippen LogP contribution in [0.2, 0.25) is 0 Å². The first-order valence-electron chi connectivity index (χ1n) is 3.21. The monoisotopic (exact) mass is 212 g/mol. The maximum Gasteiger partial charge on any atom is 0 e. The third-order valence-electron chi connectivity index (χ3n) is 1.73. The van der Waals surface area contributed by atoms with Crippen molar-refractivity contribution >= 4 is 8.41 Å². The van der Waals surface area contributed by atoms with Gasteiger partial charge in [-0.2, -0.15) is 12.8 Å². The van der Waals surface area contributed by atoms with Gasteiger partial charge in [-0.15, -0.1) is 0 Å². The molecule has 1 saturated carbocycles. The largest absolute Gasteiger partial charge is 0.358 e. The molecule has 0 aromatic carbocycles. The SMILES string of the molecule is CC1CC[CH-]CC1.[B].[CH3-].[Y]. The Morgan fingerprint density at radius 1 is 1.20 bits per heavy atom. The van der Waals surface area contributed by atoms with Gasteiger partial charge in [0.2, 0.25) is 0 Å². The molecule has 1 aliphatic carbocycles. The normalized spacial score (nSPS) is 17.7. The summed E-state index contributed by atoms with van der Waals surface area (Å²) in [6, 6.07) is 0. The van der Waals surface area contributed by atoms with E-state index in [0.29, 0.717) is 0 Å². The van der Waals surface area contributed by atoms with Crippen LogP contribution in [0.1, 0.15) is 32.6 Å². The van der Waals surface area contributed by atoms with Crippen molar-refractivity contribution in [1.82, 2.24) is 0 Å². The van der Waals surface area contributed by atoms with E-state index >= 15 is 0 Å². The third kappa shape index (κ3) is 7.28. The zero-order chi connectivity index (χ0) is 5.11. The van der Waals surface area contributed by atoms with Crippen LogP contribution in [0.5, 0.6) is 0 Å². The molecule has 0 spiro atoms. The Morgan fingerprint density at radius 2 is 1.60 bits per heavy atom. The summed E-state index contributed by atoms with van der Waals surface area (Å²) in [5.41, 5.74) is 0. The van der Waals surface area contributed by atoms with Gasteiger partial charge in [0.1, 0.15) is 0 Å². The van der Waals surface area contributed by atoms with Crippen molar-refractivity contribution in [1.29, 1.82) is 0 Å². The summed E-state index contributed by atoms with van der Waals surface area (Å²) in [5.74, 6) is 1.00. The fraction of sp³-hybridized carbons (Fsp3) is 0.750. The van der Waals surface area contributed by atoms with Crippen molar-refractivity contribution < 1.29 is 32.7 Å². The van der Waals surface area contributed by atoms with Crippen LogP contribution in [0.4, 0.5) is 0 Å². The molecule has 2 heteroatoms. The first kappa shape index (κ1) is 17.3. The molecule has 0 saturated heterocycles. The Morgan fingerprint density at radius 3 is 1.80 bits per heavy atom. The second-order valence-electron chi connectivity index (χ2n) is 2.55. The quantitative estimate of drug-likeness (QED) is 0.427. The van der Waals surface area contributed by atoms with Crippen molar-refractivity contribution in [2.75, 3.05) is 0 Å². The van der Waals surface area contributed by atoms with Crippen LogP contribution in [-0.4, -0.2) is 8.41 Å². The molecule has 1 aliphatic rings. The fourth-order valence-corrected chi connectivity index (χ4v) is 1.09. The van der Waals surface area contributed by atoms with E-state index in [1.165, 1.54) is 25.7 Å². The van der Waals surface area contributed by atoms with Gasteiger partial charge in [-0.1, -0.05) is 19.8 Å². The summed E-state index contributed by atoms with van der Waals surface area (Å²) in [7, 11) is 0. The molecule has 0 unspecified atom stereocenters. The van der Waals surface area contributed by atoms with Gasteiger partial charge in [-0.05, 0) is 5.92 Å². The van der Waals surface area contributed by atoms with E-state index in [-0.39, 0.29) is 48.5 Å². The van der Waals surface area contributed by atoms with E-state index in [9.17, 15) is 0 Å². The van der Waals surface area contributed by atoms with E-state index in [1.807, 2.05) is 0 Å². The topological polar surface area (TPSA) is 0 Å². The van der Waals surface area contributed by atoms with Gasteiger partial charge >= 0.3 is 0 Å². The molecule has 56 valence electrons. The molecule has 0 N–H and O–H groups in total. The molecule has 0 aliphatic heterocycles. The van der Waals surface area contributed by atoms with E-state index in [2.05, 4.69) is 13.3 Å². The minimum Gasteiger partial charge on any atom is -0.358 e. The fourth-order valence-electron chi connectivity index (χ4n) is 1.09. The van der Waals surface area contributed by atoms with Crippen LogP contribution < -0.4 is 0 Å². The van der Waals surface area contributed by atoms with E-state index < -0.39 is 0 Å². The number of hydrogen-bond donors (Lipinski definition) is 0. The molecule has 1 rings (SSSR count). The van der Waals surface area contributed by atoms with Crippen molar-refractivity contribution in [3.63, 3.8) is 0 Å². The number of hydrogen-bond acceptors (Lipinski definition) is 0. The van der Waals surface area contributed by atoms with Crippen LogP contribution in [0.15, 0.2) is 0 Å². The van der Waals surface area contributed by atoms with Crippen molar-refractivity contribution in [2.24, 2.45) is 5.92 Å². The Hall–Kier alpha value is 1.17. The maximum atomic E-state index is 2.40. The molecule has 0 aromatic heterocycles. The van der Waals surface area contributed by atoms with Gasteiger partial charge in [0, 0.05) is 41.1 Å². The first-order valence-corrected chi connectivity index (χ1v) is 3.21. The Kier molecular flexibility index (Phi) is 17.6. The third-order valence-corrected chi connectivity index (χ3v) is 1.73. The van der Waals surface area contributed by atoms with Crippen molar-refractivity contribution in [2.45, 2.75) is 32.6 Å². The summed E-state index contributed by atoms with van der Waals surface area (Å²) >= 11 is 0. The zero-order valence-corrected chi connectivity index (χ0v) is 9.98. The molecule has 0 amide bonds. The maximum absolute atomic E-state index is 2.40. The molecular formula is C8H16BY-2. The summed E-state index contributed by atoms with van der Waals surface area (Å²) in [5, 5.41) is 0. The molecule has 0 heterocycles. The Balaban J connectivity index is -0.000000163. The van der Waals surface area contributed by atoms with Gasteiger partial charge in [0.15, 0.2) is 0 Å². The van der Waals surface area contributed by atoms with Crippen LogP contribution in [0.25, 0.3) is 0 Å². The van der Waals surface area contributed by atoms with E-state index in [1.54, 1.807) is 0 Å². The van der Waals surface area contributed by atoms with Crippen LogP contribution in [0.3, 0.4) is 0 Å². The Labute approximate surface area is 93.0 Å². The van der Waals surface area contributed by atoms with E-state index in [4.69, 9.17) is 0 Å². The second kappa shape index (κ2) is 10.2. The first-order chi connectivity index (χ1) is 3.39. The van der Waals surface area contributed by atoms with Gasteiger partial charge < -0.3 is 13.8 Å². The minimum atomic E-state index is 0. The molecular weight excluding hydrogens is 196 g/mol. The smallest absolute Gasteiger partial charge is 0 e. The minimum absolute atomic E-state index is 0. The molecule has 1 fully saturated rings. The molecule has 0 aromatic rings. The molecule has 10 heavy (non-hydrogen) atoms. The zero-order valence-electron chi connectivity index (χ0n) is 7.14. The van der Waals surface area contributed by atoms with Crippen LogP contribution in [-0.2, 0) is 32.7 Å². The van der Waals surface area contributed by atoms with Crippen LogP contribution >= 0.6 is 0 Å². The molecule has 0 atom stereocenters. The van der Waals surface area contributed by atoms with Gasteiger partial charge in [-0.3, -0.25) is 0 Å². The average molecular weight is 212 g/mol.